The molecule has 5 atom stereocenters. The smallest absolute Gasteiger partial charge is 0.184 e. The highest BCUT2D eigenvalue weighted by molar-refractivity contribution is 5.27. The Morgan fingerprint density at radius 3 is 2.23 bits per heavy atom. The number of hydrogen-bond donors (Lipinski definition) is 2. The van der Waals surface area contributed by atoms with Gasteiger partial charge in [0.1, 0.15) is 0 Å². The molecule has 3 heterocycles. The Labute approximate surface area is 210 Å². The number of ether oxygens (including phenoxy) is 2. The Morgan fingerprint density at radius 1 is 0.857 bits per heavy atom. The SMILES string of the molecule is C[C@H]1[C@@H](CN2CCC[C@H]2CN2CCCC2)O[C@@H](c2ccc(CN)cc2)O[C@H]1c1ccc(CO)cc1. The van der Waals surface area contributed by atoms with Gasteiger partial charge in [0.2, 0.25) is 0 Å². The van der Waals surface area contributed by atoms with Crippen LogP contribution in [0.25, 0.3) is 0 Å². The van der Waals surface area contributed by atoms with Gasteiger partial charge in [0.15, 0.2) is 6.29 Å². The van der Waals surface area contributed by atoms with E-state index in [1.807, 2.05) is 12.1 Å². The lowest BCUT2D eigenvalue weighted by atomic mass is 9.90. The number of nitrogens with zero attached hydrogens (tertiary/aromatic N) is 2. The second-order valence-corrected chi connectivity index (χ2v) is 10.6. The topological polar surface area (TPSA) is 71.2 Å². The van der Waals surface area contributed by atoms with E-state index in [9.17, 15) is 5.11 Å². The number of hydrogen-bond acceptors (Lipinski definition) is 6. The van der Waals surface area contributed by atoms with Crippen LogP contribution < -0.4 is 5.73 Å². The van der Waals surface area contributed by atoms with Crippen molar-refractivity contribution in [2.24, 2.45) is 11.7 Å². The van der Waals surface area contributed by atoms with Crippen molar-refractivity contribution < 1.29 is 14.6 Å². The molecule has 0 saturated carbocycles. The van der Waals surface area contributed by atoms with E-state index in [-0.39, 0.29) is 24.7 Å². The highest BCUT2D eigenvalue weighted by Gasteiger charge is 2.40. The molecule has 0 aromatic heterocycles. The number of likely N-dealkylation sites (tertiary alicyclic amines) is 2. The van der Waals surface area contributed by atoms with Crippen molar-refractivity contribution in [1.29, 1.82) is 0 Å². The molecule has 0 bridgehead atoms. The highest BCUT2D eigenvalue weighted by Crippen LogP contribution is 2.42. The molecule has 3 fully saturated rings. The van der Waals surface area contributed by atoms with Gasteiger partial charge in [0.05, 0.1) is 18.8 Å². The van der Waals surface area contributed by atoms with Gasteiger partial charge in [-0.05, 0) is 62.0 Å². The number of nitrogens with two attached hydrogens (primary N) is 1. The lowest BCUT2D eigenvalue weighted by Gasteiger charge is -2.43. The van der Waals surface area contributed by atoms with Crippen molar-refractivity contribution in [1.82, 2.24) is 9.80 Å². The largest absolute Gasteiger partial charge is 0.392 e. The van der Waals surface area contributed by atoms with Gasteiger partial charge < -0.3 is 25.2 Å². The van der Waals surface area contributed by atoms with Crippen LogP contribution in [0.15, 0.2) is 48.5 Å². The van der Waals surface area contributed by atoms with Crippen molar-refractivity contribution in [3.05, 3.63) is 70.8 Å². The molecule has 0 radical (unpaired) electrons. The molecule has 6 nitrogen and oxygen atoms in total. The van der Waals surface area contributed by atoms with Gasteiger partial charge in [-0.3, -0.25) is 4.90 Å². The third-order valence-corrected chi connectivity index (χ3v) is 8.19. The predicted molar refractivity (Wildman–Crippen MR) is 138 cm³/mol. The summed E-state index contributed by atoms with van der Waals surface area (Å²) in [6, 6.07) is 17.1. The first kappa shape index (κ1) is 24.9. The lowest BCUT2D eigenvalue weighted by Crippen LogP contribution is -2.48. The molecule has 3 N–H and O–H groups in total. The van der Waals surface area contributed by atoms with E-state index < -0.39 is 6.29 Å². The molecule has 0 aliphatic carbocycles. The van der Waals surface area contributed by atoms with E-state index in [1.54, 1.807) is 0 Å². The maximum absolute atomic E-state index is 9.48. The maximum Gasteiger partial charge on any atom is 0.184 e. The average molecular weight is 480 g/mol. The fourth-order valence-electron chi connectivity index (χ4n) is 5.98. The minimum absolute atomic E-state index is 0.0522. The van der Waals surface area contributed by atoms with Crippen LogP contribution in [-0.2, 0) is 22.6 Å². The van der Waals surface area contributed by atoms with Crippen LogP contribution in [0.1, 0.15) is 67.3 Å². The Morgan fingerprint density at radius 2 is 1.54 bits per heavy atom. The molecular formula is C29H41N3O3. The summed E-state index contributed by atoms with van der Waals surface area (Å²) < 4.78 is 13.3. The molecule has 3 saturated heterocycles. The molecule has 35 heavy (non-hydrogen) atoms. The first-order valence-corrected chi connectivity index (χ1v) is 13.4. The number of aliphatic hydroxyl groups is 1. The molecule has 6 heteroatoms. The van der Waals surface area contributed by atoms with Gasteiger partial charge in [-0.1, -0.05) is 55.5 Å². The Hall–Kier alpha value is -1.80. The first-order chi connectivity index (χ1) is 17.1. The van der Waals surface area contributed by atoms with Crippen molar-refractivity contribution >= 4 is 0 Å². The first-order valence-electron chi connectivity index (χ1n) is 13.4. The van der Waals surface area contributed by atoms with E-state index in [0.717, 1.165) is 35.3 Å². The zero-order valence-electron chi connectivity index (χ0n) is 21.0. The van der Waals surface area contributed by atoms with Crippen molar-refractivity contribution in [3.63, 3.8) is 0 Å². The summed E-state index contributed by atoms with van der Waals surface area (Å²) >= 11 is 0. The van der Waals surface area contributed by atoms with Gasteiger partial charge >= 0.3 is 0 Å². The highest BCUT2D eigenvalue weighted by atomic mass is 16.7. The summed E-state index contributed by atoms with van der Waals surface area (Å²) in [5.41, 5.74) is 10.0. The van der Waals surface area contributed by atoms with Crippen LogP contribution in [0.3, 0.4) is 0 Å². The summed E-state index contributed by atoms with van der Waals surface area (Å²) in [5, 5.41) is 9.48. The van der Waals surface area contributed by atoms with E-state index in [2.05, 4.69) is 53.1 Å². The van der Waals surface area contributed by atoms with Gasteiger partial charge in [-0.15, -0.1) is 0 Å². The normalized spacial score (nSPS) is 30.2. The molecule has 0 spiro atoms. The van der Waals surface area contributed by atoms with E-state index in [1.165, 1.54) is 45.3 Å². The summed E-state index contributed by atoms with van der Waals surface area (Å²) in [7, 11) is 0. The van der Waals surface area contributed by atoms with Crippen LogP contribution in [-0.4, -0.2) is 59.8 Å². The second kappa shape index (κ2) is 11.5. The standard InChI is InChI=1S/C29H41N3O3/c1-21-27(19-32-16-4-5-26(32)18-31-14-2-3-15-31)34-29(25-12-6-22(17-30)7-13-25)35-28(21)24-10-8-23(20-33)9-11-24/h6-13,21,26-29,33H,2-5,14-20,30H2,1H3/t21-,26-,27+,28+,29+/m0/s1. The Kier molecular flexibility index (Phi) is 8.18. The van der Waals surface area contributed by atoms with Gasteiger partial charge in [-0.2, -0.15) is 0 Å². The molecule has 0 amide bonds. The van der Waals surface area contributed by atoms with Crippen LogP contribution >= 0.6 is 0 Å². The van der Waals surface area contributed by atoms with E-state index in [0.29, 0.717) is 12.6 Å². The van der Waals surface area contributed by atoms with Crippen molar-refractivity contribution in [3.8, 4) is 0 Å². The molecule has 2 aromatic carbocycles. The predicted octanol–water partition coefficient (Wildman–Crippen LogP) is 3.99. The minimum Gasteiger partial charge on any atom is -0.392 e. The summed E-state index contributed by atoms with van der Waals surface area (Å²) in [5.74, 6) is 0.211. The number of rotatable bonds is 8. The summed E-state index contributed by atoms with van der Waals surface area (Å²) in [6.07, 6.45) is 4.83. The number of benzene rings is 2. The summed E-state index contributed by atoms with van der Waals surface area (Å²) in [4.78, 5) is 5.32. The molecule has 0 unspecified atom stereocenters. The van der Waals surface area contributed by atoms with Crippen LogP contribution in [0.5, 0.6) is 0 Å². The summed E-state index contributed by atoms with van der Waals surface area (Å²) in [6.45, 7) is 8.62. The monoisotopic (exact) mass is 479 g/mol. The Bertz CT molecular complexity index is 929. The maximum atomic E-state index is 9.48. The molecule has 3 aliphatic heterocycles. The number of aliphatic hydroxyl groups excluding tert-OH is 1. The quantitative estimate of drug-likeness (QED) is 0.597. The Balaban J connectivity index is 1.36. The molecule has 5 rings (SSSR count). The van der Waals surface area contributed by atoms with Crippen molar-refractivity contribution in [2.75, 3.05) is 32.7 Å². The zero-order chi connectivity index (χ0) is 24.2. The lowest BCUT2D eigenvalue weighted by molar-refractivity contribution is -0.276. The van der Waals surface area contributed by atoms with Crippen LogP contribution in [0, 0.1) is 5.92 Å². The van der Waals surface area contributed by atoms with Crippen LogP contribution in [0.4, 0.5) is 0 Å². The minimum atomic E-state index is -0.412. The third-order valence-electron chi connectivity index (χ3n) is 8.19. The molecular weight excluding hydrogens is 438 g/mol. The fourth-order valence-corrected chi connectivity index (χ4v) is 5.98. The average Bonchev–Trinajstić information content (AvgIpc) is 3.58. The molecule has 190 valence electrons. The molecule has 2 aromatic rings. The van der Waals surface area contributed by atoms with Gasteiger partial charge in [-0.25, -0.2) is 0 Å². The third kappa shape index (κ3) is 5.79. The second-order valence-electron chi connectivity index (χ2n) is 10.6. The van der Waals surface area contributed by atoms with Crippen molar-refractivity contribution in [2.45, 2.75) is 70.3 Å². The van der Waals surface area contributed by atoms with E-state index in [4.69, 9.17) is 15.2 Å². The zero-order valence-corrected chi connectivity index (χ0v) is 21.0. The van der Waals surface area contributed by atoms with Gasteiger partial charge in [0.25, 0.3) is 0 Å². The van der Waals surface area contributed by atoms with E-state index >= 15 is 0 Å². The molecule has 3 aliphatic rings. The van der Waals surface area contributed by atoms with Gasteiger partial charge in [0, 0.05) is 37.2 Å². The van der Waals surface area contributed by atoms with Crippen LogP contribution in [0.2, 0.25) is 0 Å². The fraction of sp³-hybridized carbons (Fsp3) is 0.586.